The lowest BCUT2D eigenvalue weighted by Gasteiger charge is -2.28. The Labute approximate surface area is 182 Å². The van der Waals surface area contributed by atoms with Gasteiger partial charge in [0.15, 0.2) is 17.5 Å². The molecule has 0 bridgehead atoms. The molecule has 170 valence electrons. The van der Waals surface area contributed by atoms with E-state index in [2.05, 4.69) is 6.92 Å². The average molecular weight is 423 g/mol. The lowest BCUT2D eigenvalue weighted by Crippen LogP contribution is -2.13. The number of rotatable bonds is 4. The van der Waals surface area contributed by atoms with Gasteiger partial charge < -0.3 is 0 Å². The minimum atomic E-state index is -1.42. The van der Waals surface area contributed by atoms with Crippen molar-refractivity contribution in [2.75, 3.05) is 0 Å². The Balaban J connectivity index is 0.00000129. The van der Waals surface area contributed by atoms with Gasteiger partial charge in [0, 0.05) is 0 Å². The van der Waals surface area contributed by atoms with Crippen LogP contribution < -0.4 is 0 Å². The zero-order valence-corrected chi connectivity index (χ0v) is 20.0. The Hall–Kier alpha value is -1.77. The topological polar surface area (TPSA) is 0 Å². The standard InChI is InChI=1S/C21H23F3.3C2H6/c1-2-3-14-4-6-15(7-5-14)16-8-10-17(11-9-16)18-12-19(22)21(24)20(23)13-18;3*1-2/h8-15H,2-7H2,1H3;3*1-2H3. The van der Waals surface area contributed by atoms with Crippen molar-refractivity contribution in [3.8, 4) is 11.1 Å². The van der Waals surface area contributed by atoms with Gasteiger partial charge in [-0.1, -0.05) is 85.6 Å². The highest BCUT2D eigenvalue weighted by molar-refractivity contribution is 5.64. The molecule has 30 heavy (non-hydrogen) atoms. The van der Waals surface area contributed by atoms with E-state index in [1.165, 1.54) is 44.1 Å². The highest BCUT2D eigenvalue weighted by atomic mass is 19.2. The molecule has 0 N–H and O–H groups in total. The lowest BCUT2D eigenvalue weighted by molar-refractivity contribution is 0.308. The molecule has 0 saturated heterocycles. The monoisotopic (exact) mass is 422 g/mol. The first kappa shape index (κ1) is 28.2. The molecular formula is C27H41F3. The molecule has 1 saturated carbocycles. The van der Waals surface area contributed by atoms with E-state index in [1.807, 2.05) is 65.8 Å². The zero-order valence-electron chi connectivity index (χ0n) is 20.0. The molecule has 3 heteroatoms. The van der Waals surface area contributed by atoms with Crippen LogP contribution in [0.15, 0.2) is 36.4 Å². The smallest absolute Gasteiger partial charge is 0.194 e. The Morgan fingerprint density at radius 1 is 0.700 bits per heavy atom. The number of halogens is 3. The first-order valence-electron chi connectivity index (χ1n) is 11.8. The molecule has 1 aliphatic carbocycles. The Kier molecular flexibility index (Phi) is 15.0. The fraction of sp³-hybridized carbons (Fsp3) is 0.556. The molecular weight excluding hydrogens is 381 g/mol. The minimum absolute atomic E-state index is 0.365. The minimum Gasteiger partial charge on any atom is -0.204 e. The van der Waals surface area contributed by atoms with Gasteiger partial charge in [-0.25, -0.2) is 13.2 Å². The third-order valence-corrected chi connectivity index (χ3v) is 5.24. The summed E-state index contributed by atoms with van der Waals surface area (Å²) >= 11 is 0. The van der Waals surface area contributed by atoms with Crippen molar-refractivity contribution in [3.63, 3.8) is 0 Å². The van der Waals surface area contributed by atoms with Crippen LogP contribution in [0.1, 0.15) is 98.5 Å². The highest BCUT2D eigenvalue weighted by Gasteiger charge is 2.21. The van der Waals surface area contributed by atoms with Gasteiger partial charge in [-0.3, -0.25) is 0 Å². The molecule has 0 amide bonds. The first-order valence-corrected chi connectivity index (χ1v) is 11.8. The molecule has 0 aromatic heterocycles. The predicted octanol–water partition coefficient (Wildman–Crippen LogP) is 9.92. The summed E-state index contributed by atoms with van der Waals surface area (Å²) in [6, 6.07) is 9.92. The molecule has 0 heterocycles. The summed E-state index contributed by atoms with van der Waals surface area (Å²) in [6.45, 7) is 14.2. The normalized spacial score (nSPS) is 17.4. The van der Waals surface area contributed by atoms with E-state index in [0.29, 0.717) is 17.0 Å². The number of hydrogen-bond acceptors (Lipinski definition) is 0. The Bertz CT molecular complexity index is 661. The van der Waals surface area contributed by atoms with Gasteiger partial charge in [-0.05, 0) is 66.3 Å². The van der Waals surface area contributed by atoms with Crippen molar-refractivity contribution in [1.29, 1.82) is 0 Å². The van der Waals surface area contributed by atoms with Crippen LogP contribution in [0, 0.1) is 23.4 Å². The maximum Gasteiger partial charge on any atom is 0.194 e. The summed E-state index contributed by atoms with van der Waals surface area (Å²) in [4.78, 5) is 0. The van der Waals surface area contributed by atoms with E-state index in [4.69, 9.17) is 0 Å². The van der Waals surface area contributed by atoms with Crippen LogP contribution in [-0.4, -0.2) is 0 Å². The molecule has 0 spiro atoms. The second-order valence-electron chi connectivity index (χ2n) is 6.88. The molecule has 0 unspecified atom stereocenters. The van der Waals surface area contributed by atoms with Crippen LogP contribution in [0.3, 0.4) is 0 Å². The van der Waals surface area contributed by atoms with Gasteiger partial charge in [-0.2, -0.15) is 0 Å². The maximum atomic E-state index is 13.4. The third-order valence-electron chi connectivity index (χ3n) is 5.24. The zero-order chi connectivity index (χ0) is 23.1. The van der Waals surface area contributed by atoms with Crippen LogP contribution in [0.4, 0.5) is 13.2 Å². The predicted molar refractivity (Wildman–Crippen MR) is 125 cm³/mol. The molecule has 0 aliphatic heterocycles. The van der Waals surface area contributed by atoms with Gasteiger partial charge >= 0.3 is 0 Å². The van der Waals surface area contributed by atoms with Crippen LogP contribution >= 0.6 is 0 Å². The molecule has 2 aromatic rings. The maximum absolute atomic E-state index is 13.4. The van der Waals surface area contributed by atoms with Crippen LogP contribution in [-0.2, 0) is 0 Å². The van der Waals surface area contributed by atoms with Crippen LogP contribution in [0.2, 0.25) is 0 Å². The van der Waals surface area contributed by atoms with Crippen LogP contribution in [0.5, 0.6) is 0 Å². The third kappa shape index (κ3) is 8.16. The van der Waals surface area contributed by atoms with E-state index < -0.39 is 17.5 Å². The first-order chi connectivity index (χ1) is 14.6. The van der Waals surface area contributed by atoms with Crippen molar-refractivity contribution in [3.05, 3.63) is 59.4 Å². The van der Waals surface area contributed by atoms with E-state index in [1.54, 1.807) is 0 Å². The largest absolute Gasteiger partial charge is 0.204 e. The average Bonchev–Trinajstić information content (AvgIpc) is 2.82. The van der Waals surface area contributed by atoms with Crippen LogP contribution in [0.25, 0.3) is 11.1 Å². The molecule has 1 aliphatic rings. The lowest BCUT2D eigenvalue weighted by atomic mass is 9.77. The van der Waals surface area contributed by atoms with Crippen molar-refractivity contribution in [1.82, 2.24) is 0 Å². The second kappa shape index (κ2) is 16.0. The Morgan fingerprint density at radius 2 is 1.17 bits per heavy atom. The summed E-state index contributed by atoms with van der Waals surface area (Å²) in [5.74, 6) is -2.27. The molecule has 0 atom stereocenters. The molecule has 0 radical (unpaired) electrons. The number of benzene rings is 2. The summed E-state index contributed by atoms with van der Waals surface area (Å²) in [5, 5.41) is 0. The summed E-state index contributed by atoms with van der Waals surface area (Å²) < 4.78 is 39.8. The quantitative estimate of drug-likeness (QED) is 0.430. The molecule has 2 aromatic carbocycles. The van der Waals surface area contributed by atoms with Gasteiger partial charge in [0.2, 0.25) is 0 Å². The fourth-order valence-electron chi connectivity index (χ4n) is 3.86. The number of hydrogen-bond donors (Lipinski definition) is 0. The van der Waals surface area contributed by atoms with Crippen molar-refractivity contribution >= 4 is 0 Å². The fourth-order valence-corrected chi connectivity index (χ4v) is 3.86. The SMILES string of the molecule is CC.CC.CC.CCCC1CCC(c2ccc(-c3cc(F)c(F)c(F)c3)cc2)CC1. The van der Waals surface area contributed by atoms with E-state index >= 15 is 0 Å². The van der Waals surface area contributed by atoms with E-state index in [-0.39, 0.29) is 0 Å². The van der Waals surface area contributed by atoms with Gasteiger partial charge in [0.05, 0.1) is 0 Å². The molecule has 3 rings (SSSR count). The second-order valence-corrected chi connectivity index (χ2v) is 6.88. The van der Waals surface area contributed by atoms with E-state index in [9.17, 15) is 13.2 Å². The van der Waals surface area contributed by atoms with E-state index in [0.717, 1.165) is 18.1 Å². The Morgan fingerprint density at radius 3 is 1.60 bits per heavy atom. The van der Waals surface area contributed by atoms with Gasteiger partial charge in [0.25, 0.3) is 0 Å². The molecule has 1 fully saturated rings. The van der Waals surface area contributed by atoms with Gasteiger partial charge in [-0.15, -0.1) is 0 Å². The highest BCUT2D eigenvalue weighted by Crippen LogP contribution is 2.38. The van der Waals surface area contributed by atoms with Gasteiger partial charge in [0.1, 0.15) is 0 Å². The summed E-state index contributed by atoms with van der Waals surface area (Å²) in [5.41, 5.74) is 2.36. The summed E-state index contributed by atoms with van der Waals surface area (Å²) in [7, 11) is 0. The van der Waals surface area contributed by atoms with Crippen molar-refractivity contribution < 1.29 is 13.2 Å². The van der Waals surface area contributed by atoms with Crippen molar-refractivity contribution in [2.45, 2.75) is 92.9 Å². The van der Waals surface area contributed by atoms with Crippen molar-refractivity contribution in [2.24, 2.45) is 5.92 Å². The summed E-state index contributed by atoms with van der Waals surface area (Å²) in [6.07, 6.45) is 7.58. The molecule has 0 nitrogen and oxygen atoms in total.